The van der Waals surface area contributed by atoms with Gasteiger partial charge in [-0.1, -0.05) is 34.4 Å². The number of thiazole rings is 1. The van der Waals surface area contributed by atoms with Crippen molar-refractivity contribution in [2.45, 2.75) is 62.8 Å². The minimum atomic E-state index is -0.983. The molecule has 0 saturated heterocycles. The van der Waals surface area contributed by atoms with Crippen LogP contribution in [-0.4, -0.2) is 21.4 Å². The molecule has 1 N–H and O–H groups in total. The average Bonchev–Trinajstić information content (AvgIpc) is 3.49. The Hall–Kier alpha value is -2.47. The molecule has 184 valence electrons. The number of halogens is 2. The Morgan fingerprint density at radius 1 is 1.14 bits per heavy atom. The molecule has 0 amide bonds. The van der Waals surface area contributed by atoms with Crippen molar-refractivity contribution in [1.29, 1.82) is 5.26 Å². The van der Waals surface area contributed by atoms with Gasteiger partial charge in [0.15, 0.2) is 0 Å². The largest absolute Gasteiger partial charge is 0.383 e. The highest BCUT2D eigenvalue weighted by Gasteiger charge is 2.39. The van der Waals surface area contributed by atoms with Crippen LogP contribution in [0.1, 0.15) is 66.3 Å². The molecule has 6 nitrogen and oxygen atoms in total. The third-order valence-corrected chi connectivity index (χ3v) is 8.95. The van der Waals surface area contributed by atoms with E-state index in [2.05, 4.69) is 16.2 Å². The first kappa shape index (κ1) is 23.9. The summed E-state index contributed by atoms with van der Waals surface area (Å²) in [4.78, 5) is 4.67. The summed E-state index contributed by atoms with van der Waals surface area (Å²) in [5, 5.41) is 26.7. The fraction of sp³-hybridized carbons (Fsp3) is 0.370. The smallest absolute Gasteiger partial charge is 0.145 e. The molecular weight excluding hydrogens is 517 g/mol. The number of aliphatic hydroxyl groups is 1. The second kappa shape index (κ2) is 9.44. The van der Waals surface area contributed by atoms with Crippen molar-refractivity contribution in [2.75, 3.05) is 0 Å². The lowest BCUT2D eigenvalue weighted by atomic mass is 9.83. The van der Waals surface area contributed by atoms with Crippen LogP contribution in [0.3, 0.4) is 0 Å². The topological polar surface area (TPSA) is 92.2 Å². The summed E-state index contributed by atoms with van der Waals surface area (Å²) in [6.45, 7) is 0.355. The predicted octanol–water partition coefficient (Wildman–Crippen LogP) is 7.35. The van der Waals surface area contributed by atoms with E-state index in [1.54, 1.807) is 18.2 Å². The van der Waals surface area contributed by atoms with Gasteiger partial charge in [-0.25, -0.2) is 4.98 Å². The predicted molar refractivity (Wildman–Crippen MR) is 139 cm³/mol. The highest BCUT2D eigenvalue weighted by atomic mass is 35.5. The molecule has 2 aromatic heterocycles. The number of fused-ring (bicyclic) bond motifs is 1. The van der Waals surface area contributed by atoms with Crippen molar-refractivity contribution in [3.63, 3.8) is 0 Å². The number of rotatable bonds is 6. The quantitative estimate of drug-likeness (QED) is 0.275. The van der Waals surface area contributed by atoms with Crippen LogP contribution in [0.25, 0.3) is 21.5 Å². The Morgan fingerprint density at radius 3 is 2.58 bits per heavy atom. The van der Waals surface area contributed by atoms with Gasteiger partial charge in [0.05, 0.1) is 44.6 Å². The number of hydrogen-bond acceptors (Lipinski definition) is 7. The minimum absolute atomic E-state index is 0.00126. The first-order valence-electron chi connectivity index (χ1n) is 12.0. The molecule has 2 aromatic carbocycles. The molecule has 2 aliphatic rings. The third-order valence-electron chi connectivity index (χ3n) is 7.11. The Balaban J connectivity index is 1.17. The fourth-order valence-corrected chi connectivity index (χ4v) is 6.62. The van der Waals surface area contributed by atoms with E-state index in [1.165, 1.54) is 11.3 Å². The van der Waals surface area contributed by atoms with Crippen LogP contribution in [0.5, 0.6) is 0 Å². The number of ether oxygens (including phenoxy) is 1. The molecule has 0 radical (unpaired) electrons. The summed E-state index contributed by atoms with van der Waals surface area (Å²) in [6.07, 6.45) is 4.69. The molecule has 0 atom stereocenters. The van der Waals surface area contributed by atoms with Crippen LogP contribution >= 0.6 is 34.5 Å². The van der Waals surface area contributed by atoms with Crippen LogP contribution < -0.4 is 0 Å². The molecule has 0 aliphatic heterocycles. The molecule has 4 aromatic rings. The van der Waals surface area contributed by atoms with Crippen LogP contribution in [0, 0.1) is 11.3 Å². The number of nitrogens with zero attached hydrogens (tertiary/aromatic N) is 3. The maximum Gasteiger partial charge on any atom is 0.145 e. The molecule has 2 heterocycles. The number of nitriles is 1. The van der Waals surface area contributed by atoms with Gasteiger partial charge in [0.2, 0.25) is 0 Å². The lowest BCUT2D eigenvalue weighted by Gasteiger charge is -2.34. The van der Waals surface area contributed by atoms with E-state index in [-0.39, 0.29) is 6.10 Å². The molecule has 0 bridgehead atoms. The van der Waals surface area contributed by atoms with Crippen molar-refractivity contribution >= 4 is 44.8 Å². The van der Waals surface area contributed by atoms with Gasteiger partial charge in [0.1, 0.15) is 22.1 Å². The van der Waals surface area contributed by atoms with E-state index < -0.39 is 5.60 Å². The van der Waals surface area contributed by atoms with Gasteiger partial charge < -0.3 is 14.4 Å². The zero-order valence-electron chi connectivity index (χ0n) is 19.3. The van der Waals surface area contributed by atoms with E-state index in [0.29, 0.717) is 70.1 Å². The van der Waals surface area contributed by atoms with E-state index in [0.717, 1.165) is 34.4 Å². The van der Waals surface area contributed by atoms with Crippen LogP contribution in [0.15, 0.2) is 40.9 Å². The van der Waals surface area contributed by atoms with Gasteiger partial charge >= 0.3 is 0 Å². The standard InChI is InChI=1S/C27H23Cl2N3O3S/c28-19-2-1-3-20(29)23(19)24-18(25(35-32-24)16-5-6-16)14-34-17-8-10-27(33,11-9-17)26-31-21-7-4-15(13-30)12-22(21)36-26/h1-4,7,12,16-17,33H,5-6,8-11,14H2/t17-,27+. The maximum atomic E-state index is 11.4. The van der Waals surface area contributed by atoms with Gasteiger partial charge in [-0.05, 0) is 68.9 Å². The fourth-order valence-electron chi connectivity index (χ4n) is 4.89. The molecule has 36 heavy (non-hydrogen) atoms. The van der Waals surface area contributed by atoms with E-state index >= 15 is 0 Å². The zero-order chi connectivity index (χ0) is 24.9. The SMILES string of the molecule is N#Cc1ccc2nc([C@]3(O)CC[C@@H](OCc4c(-c5c(Cl)cccc5Cl)noc4C4CC4)CC3)sc2c1. The third kappa shape index (κ3) is 4.42. The summed E-state index contributed by atoms with van der Waals surface area (Å²) < 4.78 is 13.0. The van der Waals surface area contributed by atoms with Crippen molar-refractivity contribution in [2.24, 2.45) is 0 Å². The number of benzene rings is 2. The van der Waals surface area contributed by atoms with Crippen LogP contribution in [-0.2, 0) is 16.9 Å². The van der Waals surface area contributed by atoms with Crippen LogP contribution in [0.2, 0.25) is 10.0 Å². The number of hydrogen-bond donors (Lipinski definition) is 1. The Labute approximate surface area is 222 Å². The Kier molecular flexibility index (Phi) is 6.27. The monoisotopic (exact) mass is 539 g/mol. The lowest BCUT2D eigenvalue weighted by Crippen LogP contribution is -2.34. The maximum absolute atomic E-state index is 11.4. The molecule has 2 aliphatic carbocycles. The van der Waals surface area contributed by atoms with Gasteiger partial charge in [0.25, 0.3) is 0 Å². The van der Waals surface area contributed by atoms with E-state index in [1.807, 2.05) is 18.2 Å². The normalized spacial score (nSPS) is 22.1. The first-order chi connectivity index (χ1) is 17.4. The van der Waals surface area contributed by atoms with Gasteiger partial charge in [-0.3, -0.25) is 0 Å². The summed E-state index contributed by atoms with van der Waals surface area (Å²) in [5.74, 6) is 1.22. The summed E-state index contributed by atoms with van der Waals surface area (Å²) in [7, 11) is 0. The molecule has 0 spiro atoms. The Morgan fingerprint density at radius 2 is 1.89 bits per heavy atom. The second-order valence-corrected chi connectivity index (χ2v) is 11.4. The molecular formula is C27H23Cl2N3O3S. The van der Waals surface area contributed by atoms with Crippen molar-refractivity contribution < 1.29 is 14.4 Å². The molecule has 2 fully saturated rings. The van der Waals surface area contributed by atoms with Gasteiger partial charge in [-0.15, -0.1) is 11.3 Å². The number of aromatic nitrogens is 2. The highest BCUT2D eigenvalue weighted by molar-refractivity contribution is 7.18. The van der Waals surface area contributed by atoms with Crippen molar-refractivity contribution in [3.8, 4) is 17.3 Å². The first-order valence-corrected chi connectivity index (χ1v) is 13.6. The van der Waals surface area contributed by atoms with E-state index in [9.17, 15) is 5.11 Å². The molecule has 0 unspecified atom stereocenters. The van der Waals surface area contributed by atoms with Gasteiger partial charge in [0, 0.05) is 17.0 Å². The van der Waals surface area contributed by atoms with Crippen molar-refractivity contribution in [1.82, 2.24) is 10.1 Å². The summed E-state index contributed by atoms with van der Waals surface area (Å²) >= 11 is 14.4. The Bertz CT molecular complexity index is 1460. The summed E-state index contributed by atoms with van der Waals surface area (Å²) in [6, 6.07) is 13.0. The van der Waals surface area contributed by atoms with Crippen LogP contribution in [0.4, 0.5) is 0 Å². The van der Waals surface area contributed by atoms with Crippen molar-refractivity contribution in [3.05, 3.63) is 68.3 Å². The zero-order valence-corrected chi connectivity index (χ0v) is 21.7. The molecule has 9 heteroatoms. The molecule has 6 rings (SSSR count). The van der Waals surface area contributed by atoms with Gasteiger partial charge in [-0.2, -0.15) is 5.26 Å². The average molecular weight is 540 g/mol. The highest BCUT2D eigenvalue weighted by Crippen LogP contribution is 2.47. The summed E-state index contributed by atoms with van der Waals surface area (Å²) in [5.41, 5.74) is 2.65. The van der Waals surface area contributed by atoms with E-state index in [4.69, 9.17) is 37.7 Å². The lowest BCUT2D eigenvalue weighted by molar-refractivity contribution is -0.0640. The molecule has 2 saturated carbocycles. The second-order valence-electron chi connectivity index (χ2n) is 9.60. The minimum Gasteiger partial charge on any atom is -0.383 e.